The highest BCUT2D eigenvalue weighted by Crippen LogP contribution is 2.15. The molecule has 2 rings (SSSR count). The number of hydrogen-bond donors (Lipinski definition) is 2. The van der Waals surface area contributed by atoms with Crippen molar-refractivity contribution in [3.05, 3.63) is 53.9 Å². The van der Waals surface area contributed by atoms with Gasteiger partial charge in [0.1, 0.15) is 0 Å². The average Bonchev–Trinajstić information content (AvgIpc) is 2.61. The van der Waals surface area contributed by atoms with Crippen LogP contribution < -0.4 is 5.73 Å². The quantitative estimate of drug-likeness (QED) is 0.822. The topological polar surface area (TPSA) is 68.2 Å². The van der Waals surface area contributed by atoms with Gasteiger partial charge in [0.15, 0.2) is 5.69 Å². The number of anilines is 1. The van der Waals surface area contributed by atoms with Crippen molar-refractivity contribution in [3.63, 3.8) is 0 Å². The number of rotatable bonds is 3. The molecule has 0 unspecified atom stereocenters. The number of nitrogens with two attached hydrogens (primary N) is 1. The van der Waals surface area contributed by atoms with Gasteiger partial charge < -0.3 is 15.4 Å². The van der Waals surface area contributed by atoms with Gasteiger partial charge in [-0.05, 0) is 11.6 Å². The minimum atomic E-state index is -1.00. The summed E-state index contributed by atoms with van der Waals surface area (Å²) in [5, 5.41) is 9.01. The van der Waals surface area contributed by atoms with Crippen molar-refractivity contribution >= 4 is 11.7 Å². The lowest BCUT2D eigenvalue weighted by Gasteiger charge is -2.06. The maximum absolute atomic E-state index is 11.0. The van der Waals surface area contributed by atoms with E-state index in [1.54, 1.807) is 16.8 Å². The molecule has 0 saturated carbocycles. The van der Waals surface area contributed by atoms with Gasteiger partial charge in [-0.1, -0.05) is 30.3 Å². The van der Waals surface area contributed by atoms with Crippen molar-refractivity contribution in [2.24, 2.45) is 0 Å². The molecule has 82 valence electrons. The predicted molar refractivity (Wildman–Crippen MR) is 61.3 cm³/mol. The molecule has 0 aliphatic carbocycles. The number of nitrogen functional groups attached to an aromatic ring is 1. The molecule has 1 aromatic heterocycles. The van der Waals surface area contributed by atoms with Crippen molar-refractivity contribution in [1.29, 1.82) is 0 Å². The summed E-state index contributed by atoms with van der Waals surface area (Å²) in [6.07, 6.45) is 1.69. The zero-order chi connectivity index (χ0) is 11.5. The number of aromatic nitrogens is 1. The van der Waals surface area contributed by atoms with Crippen LogP contribution in [0, 0.1) is 0 Å². The number of benzene rings is 1. The zero-order valence-electron chi connectivity index (χ0n) is 8.63. The summed E-state index contributed by atoms with van der Waals surface area (Å²) in [4.78, 5) is 11.0. The molecule has 4 nitrogen and oxygen atoms in total. The Morgan fingerprint density at radius 3 is 2.56 bits per heavy atom. The first-order valence-corrected chi connectivity index (χ1v) is 4.90. The SMILES string of the molecule is Nc1ccn(Cc2ccccc2)c1C(=O)O. The van der Waals surface area contributed by atoms with Crippen molar-refractivity contribution in [1.82, 2.24) is 4.57 Å². The van der Waals surface area contributed by atoms with Crippen LogP contribution in [0.3, 0.4) is 0 Å². The third kappa shape index (κ3) is 1.91. The number of nitrogens with zero attached hydrogens (tertiary/aromatic N) is 1. The molecule has 4 heteroatoms. The van der Waals surface area contributed by atoms with Gasteiger partial charge in [0.25, 0.3) is 0 Å². The molecule has 0 atom stereocenters. The molecule has 0 spiro atoms. The van der Waals surface area contributed by atoms with Crippen LogP contribution in [-0.2, 0) is 6.54 Å². The predicted octanol–water partition coefficient (Wildman–Crippen LogP) is 1.82. The van der Waals surface area contributed by atoms with Crippen molar-refractivity contribution < 1.29 is 9.90 Å². The van der Waals surface area contributed by atoms with Crippen molar-refractivity contribution in [2.45, 2.75) is 6.54 Å². The molecule has 2 aromatic rings. The Morgan fingerprint density at radius 2 is 1.94 bits per heavy atom. The summed E-state index contributed by atoms with van der Waals surface area (Å²) >= 11 is 0. The highest BCUT2D eigenvalue weighted by atomic mass is 16.4. The van der Waals surface area contributed by atoms with Crippen LogP contribution in [0.25, 0.3) is 0 Å². The Hall–Kier alpha value is -2.23. The largest absolute Gasteiger partial charge is 0.477 e. The summed E-state index contributed by atoms with van der Waals surface area (Å²) in [5.41, 5.74) is 7.07. The lowest BCUT2D eigenvalue weighted by atomic mass is 10.2. The fourth-order valence-corrected chi connectivity index (χ4v) is 1.65. The van der Waals surface area contributed by atoms with E-state index in [1.807, 2.05) is 30.3 Å². The molecule has 16 heavy (non-hydrogen) atoms. The summed E-state index contributed by atoms with van der Waals surface area (Å²) in [5.74, 6) is -1.00. The van der Waals surface area contributed by atoms with Crippen LogP contribution in [0.5, 0.6) is 0 Å². The van der Waals surface area contributed by atoms with Crippen LogP contribution in [-0.4, -0.2) is 15.6 Å². The summed E-state index contributed by atoms with van der Waals surface area (Å²) in [6.45, 7) is 0.514. The molecule has 0 radical (unpaired) electrons. The molecule has 0 bridgehead atoms. The maximum atomic E-state index is 11.0. The molecule has 0 fully saturated rings. The lowest BCUT2D eigenvalue weighted by molar-refractivity contribution is 0.0687. The highest BCUT2D eigenvalue weighted by Gasteiger charge is 2.13. The molecular weight excluding hydrogens is 204 g/mol. The fraction of sp³-hybridized carbons (Fsp3) is 0.0833. The van der Waals surface area contributed by atoms with Gasteiger partial charge in [-0.3, -0.25) is 0 Å². The first kappa shape index (κ1) is 10.3. The van der Waals surface area contributed by atoms with Gasteiger partial charge in [0.2, 0.25) is 0 Å². The first-order valence-electron chi connectivity index (χ1n) is 4.90. The summed E-state index contributed by atoms with van der Waals surface area (Å²) in [6, 6.07) is 11.3. The molecular formula is C12H12N2O2. The molecule has 0 aliphatic rings. The van der Waals surface area contributed by atoms with E-state index in [0.717, 1.165) is 5.56 Å². The van der Waals surface area contributed by atoms with E-state index in [0.29, 0.717) is 12.2 Å². The Bertz CT molecular complexity index is 503. The van der Waals surface area contributed by atoms with Gasteiger partial charge in [-0.25, -0.2) is 4.79 Å². The number of carboxylic acids is 1. The number of aromatic carboxylic acids is 1. The third-order valence-electron chi connectivity index (χ3n) is 2.39. The van der Waals surface area contributed by atoms with Gasteiger partial charge in [-0.15, -0.1) is 0 Å². The smallest absolute Gasteiger partial charge is 0.354 e. The number of carboxylic acid groups (broad SMARTS) is 1. The van der Waals surface area contributed by atoms with Gasteiger partial charge in [-0.2, -0.15) is 0 Å². The third-order valence-corrected chi connectivity index (χ3v) is 2.39. The van der Waals surface area contributed by atoms with Gasteiger partial charge >= 0.3 is 5.97 Å². The Morgan fingerprint density at radius 1 is 1.25 bits per heavy atom. The molecule has 1 heterocycles. The van der Waals surface area contributed by atoms with Crippen LogP contribution in [0.4, 0.5) is 5.69 Å². The van der Waals surface area contributed by atoms with Crippen LogP contribution in [0.1, 0.15) is 16.1 Å². The van der Waals surface area contributed by atoms with Crippen LogP contribution >= 0.6 is 0 Å². The molecule has 0 amide bonds. The number of hydrogen-bond acceptors (Lipinski definition) is 2. The highest BCUT2D eigenvalue weighted by molar-refractivity contribution is 5.92. The maximum Gasteiger partial charge on any atom is 0.354 e. The van der Waals surface area contributed by atoms with E-state index >= 15 is 0 Å². The Balaban J connectivity index is 2.32. The lowest BCUT2D eigenvalue weighted by Crippen LogP contribution is -2.10. The van der Waals surface area contributed by atoms with Crippen LogP contribution in [0.15, 0.2) is 42.6 Å². The first-order chi connectivity index (χ1) is 7.68. The van der Waals surface area contributed by atoms with Crippen LogP contribution in [0.2, 0.25) is 0 Å². The second-order valence-electron chi connectivity index (χ2n) is 3.54. The Kier molecular flexibility index (Phi) is 2.64. The number of carbonyl (C=O) groups is 1. The van der Waals surface area contributed by atoms with Crippen molar-refractivity contribution in [2.75, 3.05) is 5.73 Å². The molecule has 0 saturated heterocycles. The zero-order valence-corrected chi connectivity index (χ0v) is 8.63. The van der Waals surface area contributed by atoms with E-state index in [1.165, 1.54) is 0 Å². The minimum absolute atomic E-state index is 0.142. The van der Waals surface area contributed by atoms with E-state index < -0.39 is 5.97 Å². The van der Waals surface area contributed by atoms with E-state index in [2.05, 4.69) is 0 Å². The van der Waals surface area contributed by atoms with E-state index in [9.17, 15) is 4.79 Å². The molecule has 3 N–H and O–H groups in total. The standard InChI is InChI=1S/C12H12N2O2/c13-10-6-7-14(11(10)12(15)16)8-9-4-2-1-3-5-9/h1-7H,8,13H2,(H,15,16). The van der Waals surface area contributed by atoms with E-state index in [-0.39, 0.29) is 5.69 Å². The van der Waals surface area contributed by atoms with Gasteiger partial charge in [0, 0.05) is 12.7 Å². The summed E-state index contributed by atoms with van der Waals surface area (Å²) in [7, 11) is 0. The summed E-state index contributed by atoms with van der Waals surface area (Å²) < 4.78 is 1.63. The Labute approximate surface area is 92.9 Å². The second kappa shape index (κ2) is 4.10. The molecule has 0 aliphatic heterocycles. The van der Waals surface area contributed by atoms with Crippen molar-refractivity contribution in [3.8, 4) is 0 Å². The average molecular weight is 216 g/mol. The van der Waals surface area contributed by atoms with E-state index in [4.69, 9.17) is 10.8 Å². The normalized spacial score (nSPS) is 10.2. The molecule has 1 aromatic carbocycles. The fourth-order valence-electron chi connectivity index (χ4n) is 1.65. The monoisotopic (exact) mass is 216 g/mol. The van der Waals surface area contributed by atoms with Gasteiger partial charge in [0.05, 0.1) is 5.69 Å². The minimum Gasteiger partial charge on any atom is -0.477 e. The second-order valence-corrected chi connectivity index (χ2v) is 3.54.